The summed E-state index contributed by atoms with van der Waals surface area (Å²) in [4.78, 5) is 13.1. The Kier molecular flexibility index (Phi) is 3.14. The van der Waals surface area contributed by atoms with E-state index in [4.69, 9.17) is 9.47 Å². The number of pyridine rings is 1. The van der Waals surface area contributed by atoms with E-state index < -0.39 is 0 Å². The van der Waals surface area contributed by atoms with Crippen LogP contribution < -0.4 is 14.9 Å². The molecule has 0 N–H and O–H groups in total. The molecule has 4 heteroatoms. The maximum atomic E-state index is 13.1. The van der Waals surface area contributed by atoms with Gasteiger partial charge in [0.25, 0.3) is 0 Å². The summed E-state index contributed by atoms with van der Waals surface area (Å²) in [6.07, 6.45) is 1.80. The van der Waals surface area contributed by atoms with E-state index >= 15 is 0 Å². The SMILES string of the molecule is COc1cc2c(c3c1c(=O)c1ccccc1n3C)CCC(C)(C)O2. The molecule has 0 saturated heterocycles. The predicted octanol–water partition coefficient (Wildman–Crippen LogP) is 3.80. The second-order valence-electron chi connectivity index (χ2n) is 7.05. The molecule has 24 heavy (non-hydrogen) atoms. The first-order valence-electron chi connectivity index (χ1n) is 8.23. The molecule has 0 spiro atoms. The van der Waals surface area contributed by atoms with E-state index in [9.17, 15) is 4.79 Å². The number of hydrogen-bond donors (Lipinski definition) is 0. The fourth-order valence-electron chi connectivity index (χ4n) is 3.73. The summed E-state index contributed by atoms with van der Waals surface area (Å²) in [5.74, 6) is 1.40. The van der Waals surface area contributed by atoms with Crippen LogP contribution in [0, 0.1) is 0 Å². The summed E-state index contributed by atoms with van der Waals surface area (Å²) in [5, 5.41) is 1.35. The van der Waals surface area contributed by atoms with Crippen molar-refractivity contribution in [3.63, 3.8) is 0 Å². The van der Waals surface area contributed by atoms with Crippen LogP contribution in [0.3, 0.4) is 0 Å². The van der Waals surface area contributed by atoms with Crippen LogP contribution in [0.2, 0.25) is 0 Å². The van der Waals surface area contributed by atoms with Gasteiger partial charge in [0.05, 0.1) is 23.5 Å². The first kappa shape index (κ1) is 15.1. The molecule has 124 valence electrons. The molecule has 0 amide bonds. The molecular formula is C20H21NO3. The molecule has 0 radical (unpaired) electrons. The van der Waals surface area contributed by atoms with Crippen LogP contribution in [0.15, 0.2) is 35.1 Å². The van der Waals surface area contributed by atoms with Gasteiger partial charge in [0.1, 0.15) is 17.1 Å². The summed E-state index contributed by atoms with van der Waals surface area (Å²) in [6, 6.07) is 9.58. The highest BCUT2D eigenvalue weighted by Gasteiger charge is 2.30. The normalized spacial score (nSPS) is 16.0. The van der Waals surface area contributed by atoms with E-state index in [1.54, 1.807) is 7.11 Å². The Balaban J connectivity index is 2.22. The number of ether oxygens (including phenoxy) is 2. The Labute approximate surface area is 140 Å². The molecule has 0 saturated carbocycles. The minimum atomic E-state index is -0.207. The highest BCUT2D eigenvalue weighted by Crippen LogP contribution is 2.41. The number of rotatable bonds is 1. The topological polar surface area (TPSA) is 40.5 Å². The van der Waals surface area contributed by atoms with Crippen LogP contribution in [0.1, 0.15) is 25.8 Å². The van der Waals surface area contributed by atoms with E-state index in [1.807, 2.05) is 37.4 Å². The molecule has 4 rings (SSSR count). The summed E-state index contributed by atoms with van der Waals surface area (Å²) in [5.41, 5.74) is 2.75. The second-order valence-corrected chi connectivity index (χ2v) is 7.05. The molecule has 0 aliphatic carbocycles. The molecule has 1 aromatic heterocycles. The summed E-state index contributed by atoms with van der Waals surface area (Å²) >= 11 is 0. The van der Waals surface area contributed by atoms with Crippen molar-refractivity contribution in [2.45, 2.75) is 32.3 Å². The van der Waals surface area contributed by atoms with Gasteiger partial charge in [0, 0.05) is 24.1 Å². The molecule has 0 fully saturated rings. The van der Waals surface area contributed by atoms with Gasteiger partial charge in [0.2, 0.25) is 5.43 Å². The van der Waals surface area contributed by atoms with Crippen LogP contribution in [0.5, 0.6) is 11.5 Å². The van der Waals surface area contributed by atoms with Gasteiger partial charge in [-0.2, -0.15) is 0 Å². The quantitative estimate of drug-likeness (QED) is 0.640. The highest BCUT2D eigenvalue weighted by molar-refractivity contribution is 5.99. The Bertz CT molecular complexity index is 1030. The number of aromatic nitrogens is 1. The number of benzene rings is 2. The van der Waals surface area contributed by atoms with Crippen molar-refractivity contribution >= 4 is 21.8 Å². The van der Waals surface area contributed by atoms with Crippen molar-refractivity contribution in [2.75, 3.05) is 7.11 Å². The molecule has 3 aromatic rings. The smallest absolute Gasteiger partial charge is 0.200 e. The number of methoxy groups -OCH3 is 1. The van der Waals surface area contributed by atoms with E-state index in [1.165, 1.54) is 0 Å². The first-order valence-corrected chi connectivity index (χ1v) is 8.23. The standard InChI is InChI=1S/C20H21NO3/c1-20(2)10-9-13-15(24-20)11-16(23-4)17-18(13)21(3)14-8-6-5-7-12(14)19(17)22/h5-8,11H,9-10H2,1-4H3. The lowest BCUT2D eigenvalue weighted by Crippen LogP contribution is -2.33. The van der Waals surface area contributed by atoms with Gasteiger partial charge in [-0.15, -0.1) is 0 Å². The number of fused-ring (bicyclic) bond motifs is 4. The highest BCUT2D eigenvalue weighted by atomic mass is 16.5. The number of nitrogens with zero attached hydrogens (tertiary/aromatic N) is 1. The van der Waals surface area contributed by atoms with E-state index in [0.717, 1.165) is 35.2 Å². The van der Waals surface area contributed by atoms with Crippen LogP contribution in [-0.4, -0.2) is 17.3 Å². The fraction of sp³-hybridized carbons (Fsp3) is 0.350. The van der Waals surface area contributed by atoms with Crippen molar-refractivity contribution in [2.24, 2.45) is 7.05 Å². The van der Waals surface area contributed by atoms with Crippen molar-refractivity contribution in [3.05, 3.63) is 46.1 Å². The van der Waals surface area contributed by atoms with Gasteiger partial charge >= 0.3 is 0 Å². The van der Waals surface area contributed by atoms with Crippen LogP contribution >= 0.6 is 0 Å². The van der Waals surface area contributed by atoms with Gasteiger partial charge in [-0.1, -0.05) is 12.1 Å². The number of para-hydroxylation sites is 1. The Hall–Kier alpha value is -2.49. The molecule has 0 unspecified atom stereocenters. The minimum absolute atomic E-state index is 0.0168. The fourth-order valence-corrected chi connectivity index (χ4v) is 3.73. The lowest BCUT2D eigenvalue weighted by molar-refractivity contribution is 0.0848. The molecule has 1 aliphatic heterocycles. The van der Waals surface area contributed by atoms with Crippen LogP contribution in [0.4, 0.5) is 0 Å². The predicted molar refractivity (Wildman–Crippen MR) is 96.3 cm³/mol. The van der Waals surface area contributed by atoms with Crippen molar-refractivity contribution in [1.82, 2.24) is 4.57 Å². The van der Waals surface area contributed by atoms with Gasteiger partial charge in [-0.3, -0.25) is 4.79 Å². The minimum Gasteiger partial charge on any atom is -0.496 e. The summed E-state index contributed by atoms with van der Waals surface area (Å²) < 4.78 is 13.8. The van der Waals surface area contributed by atoms with E-state index in [-0.39, 0.29) is 11.0 Å². The Morgan fingerprint density at radius 2 is 2.00 bits per heavy atom. The Morgan fingerprint density at radius 3 is 2.75 bits per heavy atom. The molecule has 0 bridgehead atoms. The van der Waals surface area contributed by atoms with Crippen molar-refractivity contribution < 1.29 is 9.47 Å². The molecule has 2 aromatic carbocycles. The Morgan fingerprint density at radius 1 is 1.25 bits per heavy atom. The van der Waals surface area contributed by atoms with Gasteiger partial charge < -0.3 is 14.0 Å². The van der Waals surface area contributed by atoms with Gasteiger partial charge in [-0.05, 0) is 38.8 Å². The molecule has 0 atom stereocenters. The average Bonchev–Trinajstić information content (AvgIpc) is 2.57. The van der Waals surface area contributed by atoms with Crippen LogP contribution in [-0.2, 0) is 13.5 Å². The third-order valence-electron chi connectivity index (χ3n) is 4.98. The van der Waals surface area contributed by atoms with Gasteiger partial charge in [0.15, 0.2) is 0 Å². The zero-order valence-corrected chi connectivity index (χ0v) is 14.5. The van der Waals surface area contributed by atoms with E-state index in [2.05, 4.69) is 18.4 Å². The largest absolute Gasteiger partial charge is 0.496 e. The number of aryl methyl sites for hydroxylation is 2. The lowest BCUT2D eigenvalue weighted by atomic mass is 9.92. The third-order valence-corrected chi connectivity index (χ3v) is 4.98. The number of hydrogen-bond acceptors (Lipinski definition) is 3. The van der Waals surface area contributed by atoms with Crippen molar-refractivity contribution in [3.8, 4) is 11.5 Å². The zero-order valence-electron chi connectivity index (χ0n) is 14.5. The monoisotopic (exact) mass is 323 g/mol. The second kappa shape index (κ2) is 5.00. The summed E-state index contributed by atoms with van der Waals surface area (Å²) in [7, 11) is 3.60. The zero-order chi connectivity index (χ0) is 17.1. The van der Waals surface area contributed by atoms with Crippen LogP contribution in [0.25, 0.3) is 21.8 Å². The summed E-state index contributed by atoms with van der Waals surface area (Å²) in [6.45, 7) is 4.18. The van der Waals surface area contributed by atoms with E-state index in [0.29, 0.717) is 16.5 Å². The molecular weight excluding hydrogens is 302 g/mol. The average molecular weight is 323 g/mol. The molecule has 1 aliphatic rings. The molecule has 2 heterocycles. The third kappa shape index (κ3) is 2.02. The maximum absolute atomic E-state index is 13.1. The first-order chi connectivity index (χ1) is 11.4. The van der Waals surface area contributed by atoms with Crippen molar-refractivity contribution in [1.29, 1.82) is 0 Å². The molecule has 4 nitrogen and oxygen atoms in total. The lowest BCUT2D eigenvalue weighted by Gasteiger charge is -2.34. The van der Waals surface area contributed by atoms with Gasteiger partial charge in [-0.25, -0.2) is 0 Å². The maximum Gasteiger partial charge on any atom is 0.200 e.